The maximum absolute atomic E-state index is 8.59. The number of halogens is 2. The summed E-state index contributed by atoms with van der Waals surface area (Å²) in [6.07, 6.45) is 2.29. The highest BCUT2D eigenvalue weighted by Crippen LogP contribution is 2.13. The number of amidine groups is 1. The van der Waals surface area contributed by atoms with Crippen molar-refractivity contribution in [2.24, 2.45) is 10.7 Å². The van der Waals surface area contributed by atoms with Crippen LogP contribution in [0.2, 0.25) is 0 Å². The van der Waals surface area contributed by atoms with Crippen LogP contribution in [0.4, 0.5) is 0 Å². The first-order chi connectivity index (χ1) is 6.61. The predicted octanol–water partition coefficient (Wildman–Crippen LogP) is 1.30. The van der Waals surface area contributed by atoms with Crippen molar-refractivity contribution in [3.63, 3.8) is 0 Å². The van der Waals surface area contributed by atoms with Crippen LogP contribution in [0.5, 0.6) is 0 Å². The number of hydrogen-bond acceptors (Lipinski definition) is 3. The Morgan fingerprint density at radius 2 is 2.36 bits per heavy atom. The van der Waals surface area contributed by atoms with E-state index >= 15 is 0 Å². The zero-order valence-corrected chi connectivity index (χ0v) is 10.5. The minimum absolute atomic E-state index is 0.0347. The number of aliphatic hydroxyl groups is 1. The molecule has 0 aliphatic rings. The van der Waals surface area contributed by atoms with Crippen LogP contribution < -0.4 is 11.1 Å². The molecular formula is C8H13ClIN3O. The van der Waals surface area contributed by atoms with E-state index in [0.717, 1.165) is 3.58 Å². The van der Waals surface area contributed by atoms with E-state index in [1.54, 1.807) is 6.08 Å². The molecule has 0 aromatic heterocycles. The Kier molecular flexibility index (Phi) is 7.92. The van der Waals surface area contributed by atoms with Gasteiger partial charge >= 0.3 is 0 Å². The third-order valence-corrected chi connectivity index (χ3v) is 2.29. The highest BCUT2D eigenvalue weighted by atomic mass is 127. The standard InChI is InChI=1S/C8H13ClIN3O/c1-2-6(10)7(13-8(9)11)12-4-3-5-14/h2,12,14H,1,3-5H2,(H2,11,13)/b7-6+. The molecule has 0 saturated carbocycles. The predicted molar refractivity (Wildman–Crippen MR) is 68.4 cm³/mol. The van der Waals surface area contributed by atoms with Gasteiger partial charge in [-0.15, -0.1) is 0 Å². The molecule has 0 aliphatic heterocycles. The van der Waals surface area contributed by atoms with E-state index in [1.165, 1.54) is 0 Å². The van der Waals surface area contributed by atoms with Crippen LogP contribution in [-0.4, -0.2) is 23.6 Å². The van der Waals surface area contributed by atoms with Gasteiger partial charge in [-0.1, -0.05) is 12.7 Å². The molecule has 0 aromatic carbocycles. The van der Waals surface area contributed by atoms with Crippen LogP contribution >= 0.6 is 34.2 Å². The van der Waals surface area contributed by atoms with E-state index < -0.39 is 0 Å². The molecule has 0 atom stereocenters. The summed E-state index contributed by atoms with van der Waals surface area (Å²) >= 11 is 7.52. The van der Waals surface area contributed by atoms with Gasteiger partial charge in [0, 0.05) is 13.2 Å². The average Bonchev–Trinajstić information content (AvgIpc) is 2.15. The third-order valence-electron chi connectivity index (χ3n) is 1.25. The molecule has 0 unspecified atom stereocenters. The lowest BCUT2D eigenvalue weighted by Gasteiger charge is -2.06. The van der Waals surface area contributed by atoms with Gasteiger partial charge in [-0.2, -0.15) is 0 Å². The van der Waals surface area contributed by atoms with Crippen molar-refractivity contribution in [2.45, 2.75) is 6.42 Å². The Morgan fingerprint density at radius 3 is 2.79 bits per heavy atom. The van der Waals surface area contributed by atoms with Gasteiger partial charge in [-0.05, 0) is 40.6 Å². The highest BCUT2D eigenvalue weighted by molar-refractivity contribution is 14.1. The average molecular weight is 330 g/mol. The first-order valence-corrected chi connectivity index (χ1v) is 5.44. The number of nitrogens with two attached hydrogens (primary N) is 1. The minimum Gasteiger partial charge on any atom is -0.396 e. The van der Waals surface area contributed by atoms with Crippen LogP contribution in [0.3, 0.4) is 0 Å². The molecule has 0 radical (unpaired) electrons. The Bertz CT molecular complexity index is 249. The Balaban J connectivity index is 4.42. The number of rotatable bonds is 6. The third kappa shape index (κ3) is 6.22. The van der Waals surface area contributed by atoms with Crippen molar-refractivity contribution in [1.82, 2.24) is 5.32 Å². The van der Waals surface area contributed by atoms with E-state index in [0.29, 0.717) is 18.8 Å². The zero-order chi connectivity index (χ0) is 11.0. The molecule has 0 rings (SSSR count). The van der Waals surface area contributed by atoms with Gasteiger partial charge in [-0.25, -0.2) is 4.99 Å². The lowest BCUT2D eigenvalue weighted by Crippen LogP contribution is -2.17. The fourth-order valence-corrected chi connectivity index (χ4v) is 1.06. The van der Waals surface area contributed by atoms with Crippen molar-refractivity contribution >= 4 is 39.5 Å². The normalized spacial score (nSPS) is 13.5. The number of hydrogen-bond donors (Lipinski definition) is 3. The van der Waals surface area contributed by atoms with Gasteiger partial charge in [0.15, 0.2) is 5.29 Å². The molecule has 4 nitrogen and oxygen atoms in total. The summed E-state index contributed by atoms with van der Waals surface area (Å²) in [7, 11) is 0. The summed E-state index contributed by atoms with van der Waals surface area (Å²) in [5, 5.41) is 11.5. The van der Waals surface area contributed by atoms with Crippen molar-refractivity contribution in [1.29, 1.82) is 0 Å². The molecule has 0 saturated heterocycles. The van der Waals surface area contributed by atoms with Gasteiger partial charge < -0.3 is 16.2 Å². The van der Waals surface area contributed by atoms with E-state index in [4.69, 9.17) is 22.4 Å². The monoisotopic (exact) mass is 329 g/mol. The van der Waals surface area contributed by atoms with Gasteiger partial charge in [0.2, 0.25) is 0 Å². The van der Waals surface area contributed by atoms with Crippen molar-refractivity contribution in [3.05, 3.63) is 22.1 Å². The van der Waals surface area contributed by atoms with E-state index in [1.807, 2.05) is 0 Å². The zero-order valence-electron chi connectivity index (χ0n) is 7.63. The molecule has 0 bridgehead atoms. The Hall–Kier alpha value is -0.270. The van der Waals surface area contributed by atoms with Crippen LogP contribution in [0.15, 0.2) is 27.0 Å². The highest BCUT2D eigenvalue weighted by Gasteiger charge is 1.99. The van der Waals surface area contributed by atoms with Crippen molar-refractivity contribution in [3.8, 4) is 0 Å². The molecular weight excluding hydrogens is 316 g/mol. The summed E-state index contributed by atoms with van der Waals surface area (Å²) < 4.78 is 0.823. The number of aliphatic imine (C=N–C) groups is 1. The van der Waals surface area contributed by atoms with E-state index in [9.17, 15) is 0 Å². The van der Waals surface area contributed by atoms with Crippen LogP contribution in [0, 0.1) is 0 Å². The van der Waals surface area contributed by atoms with Gasteiger partial charge in [0.05, 0.1) is 3.58 Å². The molecule has 0 spiro atoms. The van der Waals surface area contributed by atoms with Gasteiger partial charge in [0.25, 0.3) is 0 Å². The summed E-state index contributed by atoms with van der Waals surface area (Å²) in [5.74, 6) is 0.571. The second-order valence-corrected chi connectivity index (χ2v) is 3.89. The second-order valence-electron chi connectivity index (χ2n) is 2.34. The molecule has 14 heavy (non-hydrogen) atoms. The summed E-state index contributed by atoms with van der Waals surface area (Å²) in [4.78, 5) is 3.89. The number of nitrogens with one attached hydrogen (secondary N) is 1. The Morgan fingerprint density at radius 1 is 1.71 bits per heavy atom. The molecule has 0 amide bonds. The fourth-order valence-electron chi connectivity index (χ4n) is 0.667. The molecule has 0 aromatic rings. The molecule has 0 fully saturated rings. The lowest BCUT2D eigenvalue weighted by molar-refractivity contribution is 0.288. The molecule has 0 heterocycles. The van der Waals surface area contributed by atoms with E-state index in [2.05, 4.69) is 39.5 Å². The van der Waals surface area contributed by atoms with Crippen LogP contribution in [0.1, 0.15) is 6.42 Å². The van der Waals surface area contributed by atoms with Crippen LogP contribution in [0.25, 0.3) is 0 Å². The summed E-state index contributed by atoms with van der Waals surface area (Å²) in [6.45, 7) is 4.35. The first kappa shape index (κ1) is 13.7. The number of nitrogens with zero attached hydrogens (tertiary/aromatic N) is 1. The summed E-state index contributed by atoms with van der Waals surface area (Å²) in [5.41, 5.74) is 5.24. The molecule has 80 valence electrons. The Labute approximate surface area is 102 Å². The fraction of sp³-hybridized carbons (Fsp3) is 0.375. The SMILES string of the molecule is C=C/C(I)=C(\N=C(N)Cl)NCCCO. The second kappa shape index (κ2) is 8.07. The largest absolute Gasteiger partial charge is 0.396 e. The first-order valence-electron chi connectivity index (χ1n) is 3.98. The maximum Gasteiger partial charge on any atom is 0.195 e. The topological polar surface area (TPSA) is 70.6 Å². The summed E-state index contributed by atoms with van der Waals surface area (Å²) in [6, 6.07) is 0. The van der Waals surface area contributed by atoms with E-state index in [-0.39, 0.29) is 11.9 Å². The van der Waals surface area contributed by atoms with Crippen molar-refractivity contribution in [2.75, 3.05) is 13.2 Å². The number of allylic oxidation sites excluding steroid dienone is 2. The van der Waals surface area contributed by atoms with Gasteiger partial charge in [-0.3, -0.25) is 0 Å². The smallest absolute Gasteiger partial charge is 0.195 e. The maximum atomic E-state index is 8.59. The molecule has 6 heteroatoms. The quantitative estimate of drug-likeness (QED) is 0.172. The molecule has 0 aliphatic carbocycles. The van der Waals surface area contributed by atoms with Crippen molar-refractivity contribution < 1.29 is 5.11 Å². The van der Waals surface area contributed by atoms with Crippen LogP contribution in [-0.2, 0) is 0 Å². The van der Waals surface area contributed by atoms with Gasteiger partial charge in [0.1, 0.15) is 5.82 Å². The number of aliphatic hydroxyl groups excluding tert-OH is 1. The molecule has 4 N–H and O–H groups in total. The minimum atomic E-state index is -0.0347. The lowest BCUT2D eigenvalue weighted by atomic mass is 10.4.